The van der Waals surface area contributed by atoms with E-state index in [0.29, 0.717) is 6.54 Å². The summed E-state index contributed by atoms with van der Waals surface area (Å²) < 4.78 is 29.3. The molecule has 1 aromatic carbocycles. The molecule has 0 saturated heterocycles. The lowest BCUT2D eigenvalue weighted by atomic mass is 10.1. The van der Waals surface area contributed by atoms with Gasteiger partial charge >= 0.3 is 0 Å². The van der Waals surface area contributed by atoms with Gasteiger partial charge in [0.25, 0.3) is 5.91 Å². The first kappa shape index (κ1) is 17.2. The number of nitrogens with zero attached hydrogens (tertiary/aromatic N) is 3. The molecule has 0 aliphatic heterocycles. The summed E-state index contributed by atoms with van der Waals surface area (Å²) in [6, 6.07) is 3.25. The number of hydrogen-bond acceptors (Lipinski definition) is 2. The van der Waals surface area contributed by atoms with Gasteiger partial charge in [0.05, 0.1) is 17.8 Å². The van der Waals surface area contributed by atoms with Gasteiger partial charge in [0.2, 0.25) is 0 Å². The van der Waals surface area contributed by atoms with Crippen molar-refractivity contribution in [1.82, 2.24) is 14.7 Å². The molecule has 2 aliphatic carbocycles. The highest BCUT2D eigenvalue weighted by atomic mass is 19.1. The third-order valence-electron chi connectivity index (χ3n) is 5.71. The first-order valence-electron chi connectivity index (χ1n) is 9.34. The van der Waals surface area contributed by atoms with Crippen LogP contribution in [0.15, 0.2) is 18.2 Å². The number of benzene rings is 1. The molecule has 2 aromatic rings. The van der Waals surface area contributed by atoms with Crippen LogP contribution in [0.2, 0.25) is 0 Å². The molecule has 1 heterocycles. The van der Waals surface area contributed by atoms with Gasteiger partial charge in [-0.2, -0.15) is 5.10 Å². The van der Waals surface area contributed by atoms with Gasteiger partial charge in [-0.05, 0) is 49.8 Å². The predicted octanol–water partition coefficient (Wildman–Crippen LogP) is 3.77. The lowest BCUT2D eigenvalue weighted by Crippen LogP contribution is -2.39. The molecular weight excluding hydrogens is 336 g/mol. The van der Waals surface area contributed by atoms with E-state index in [-0.39, 0.29) is 17.5 Å². The predicted molar refractivity (Wildman–Crippen MR) is 93.7 cm³/mol. The number of hydrogen-bond donors (Lipinski definition) is 0. The van der Waals surface area contributed by atoms with Crippen LogP contribution in [0.4, 0.5) is 8.78 Å². The second kappa shape index (κ2) is 6.82. The van der Waals surface area contributed by atoms with Crippen LogP contribution in [0.1, 0.15) is 59.4 Å². The summed E-state index contributed by atoms with van der Waals surface area (Å²) in [5.41, 5.74) is 3.34. The fourth-order valence-corrected chi connectivity index (χ4v) is 4.39. The largest absolute Gasteiger partial charge is 0.330 e. The summed E-state index contributed by atoms with van der Waals surface area (Å²) in [5.74, 6) is -1.84. The maximum absolute atomic E-state index is 14.2. The van der Waals surface area contributed by atoms with E-state index in [9.17, 15) is 13.6 Å². The van der Waals surface area contributed by atoms with Crippen LogP contribution >= 0.6 is 0 Å². The van der Waals surface area contributed by atoms with E-state index >= 15 is 0 Å². The summed E-state index contributed by atoms with van der Waals surface area (Å²) in [5, 5.41) is 4.63. The van der Waals surface area contributed by atoms with E-state index < -0.39 is 11.6 Å². The van der Waals surface area contributed by atoms with Crippen molar-refractivity contribution in [3.05, 3.63) is 52.3 Å². The maximum atomic E-state index is 14.2. The third-order valence-corrected chi connectivity index (χ3v) is 5.71. The van der Waals surface area contributed by atoms with E-state index in [0.717, 1.165) is 62.8 Å². The number of halogens is 2. The second-order valence-electron chi connectivity index (χ2n) is 7.34. The maximum Gasteiger partial charge on any atom is 0.257 e. The molecule has 6 heteroatoms. The zero-order valence-corrected chi connectivity index (χ0v) is 15.0. The fourth-order valence-electron chi connectivity index (χ4n) is 4.39. The van der Waals surface area contributed by atoms with Crippen LogP contribution in [0.5, 0.6) is 0 Å². The van der Waals surface area contributed by atoms with Crippen LogP contribution < -0.4 is 0 Å². The van der Waals surface area contributed by atoms with Crippen molar-refractivity contribution in [1.29, 1.82) is 0 Å². The van der Waals surface area contributed by atoms with E-state index in [1.54, 1.807) is 4.90 Å². The molecule has 0 N–H and O–H groups in total. The standard InChI is InChI=1S/C20H23F2N3O/c1-24-19-8-4-7-16(19)18(23-24)12-25(14-5-2-3-6-14)20(26)15-10-9-13(21)11-17(15)22/h9-11,14H,2-8,12H2,1H3. The first-order valence-corrected chi connectivity index (χ1v) is 9.34. The first-order chi connectivity index (χ1) is 12.5. The van der Waals surface area contributed by atoms with E-state index in [2.05, 4.69) is 5.10 Å². The van der Waals surface area contributed by atoms with Gasteiger partial charge in [-0.1, -0.05) is 12.8 Å². The molecular formula is C20H23F2N3O. The molecule has 138 valence electrons. The van der Waals surface area contributed by atoms with Gasteiger partial charge < -0.3 is 4.90 Å². The van der Waals surface area contributed by atoms with E-state index in [1.807, 2.05) is 11.7 Å². The molecule has 1 amide bonds. The Bertz CT molecular complexity index is 840. The van der Waals surface area contributed by atoms with E-state index in [1.165, 1.54) is 17.3 Å². The number of carbonyl (C=O) groups excluding carboxylic acids is 1. The molecule has 1 fully saturated rings. The molecule has 1 aromatic heterocycles. The highest BCUT2D eigenvalue weighted by Gasteiger charge is 2.31. The minimum atomic E-state index is -0.802. The van der Waals surface area contributed by atoms with Crippen LogP contribution in [0.3, 0.4) is 0 Å². The summed E-state index contributed by atoms with van der Waals surface area (Å²) in [7, 11) is 1.94. The summed E-state index contributed by atoms with van der Waals surface area (Å²) >= 11 is 0. The van der Waals surface area contributed by atoms with Crippen molar-refractivity contribution in [2.45, 2.75) is 57.5 Å². The Morgan fingerprint density at radius 1 is 1.23 bits per heavy atom. The number of aryl methyl sites for hydroxylation is 1. The summed E-state index contributed by atoms with van der Waals surface area (Å²) in [6.07, 6.45) is 7.09. The Morgan fingerprint density at radius 2 is 2.00 bits per heavy atom. The highest BCUT2D eigenvalue weighted by molar-refractivity contribution is 5.94. The van der Waals surface area contributed by atoms with Crippen molar-refractivity contribution in [3.8, 4) is 0 Å². The Morgan fingerprint density at radius 3 is 2.73 bits per heavy atom. The molecule has 0 unspecified atom stereocenters. The Labute approximate surface area is 151 Å². The SMILES string of the molecule is Cn1nc(CN(C(=O)c2ccc(F)cc2F)C2CCCC2)c2c1CCC2. The lowest BCUT2D eigenvalue weighted by molar-refractivity contribution is 0.0656. The highest BCUT2D eigenvalue weighted by Crippen LogP contribution is 2.30. The van der Waals surface area contributed by atoms with Gasteiger partial charge in [-0.15, -0.1) is 0 Å². The van der Waals surface area contributed by atoms with Crippen molar-refractivity contribution >= 4 is 5.91 Å². The van der Waals surface area contributed by atoms with Crippen molar-refractivity contribution in [3.63, 3.8) is 0 Å². The fraction of sp³-hybridized carbons (Fsp3) is 0.500. The quantitative estimate of drug-likeness (QED) is 0.833. The van der Waals surface area contributed by atoms with Gasteiger partial charge in [-0.25, -0.2) is 8.78 Å². The third kappa shape index (κ3) is 3.02. The number of fused-ring (bicyclic) bond motifs is 1. The number of carbonyl (C=O) groups is 1. The van der Waals surface area contributed by atoms with Crippen LogP contribution in [-0.2, 0) is 26.4 Å². The zero-order valence-electron chi connectivity index (χ0n) is 15.0. The molecule has 4 nitrogen and oxygen atoms in total. The smallest absolute Gasteiger partial charge is 0.257 e. The molecule has 0 bridgehead atoms. The van der Waals surface area contributed by atoms with Gasteiger partial charge in [0, 0.05) is 24.8 Å². The Balaban J connectivity index is 1.66. The molecule has 4 rings (SSSR count). The van der Waals surface area contributed by atoms with Crippen LogP contribution in [-0.4, -0.2) is 26.6 Å². The zero-order chi connectivity index (χ0) is 18.3. The monoisotopic (exact) mass is 359 g/mol. The van der Waals surface area contributed by atoms with Crippen LogP contribution in [0.25, 0.3) is 0 Å². The Hall–Kier alpha value is -2.24. The van der Waals surface area contributed by atoms with Gasteiger partial charge in [-0.3, -0.25) is 9.48 Å². The molecule has 26 heavy (non-hydrogen) atoms. The summed E-state index contributed by atoms with van der Waals surface area (Å²) in [6.45, 7) is 0.392. The molecule has 0 atom stereocenters. The number of rotatable bonds is 4. The minimum absolute atomic E-state index is 0.0640. The molecule has 1 saturated carbocycles. The second-order valence-corrected chi connectivity index (χ2v) is 7.34. The average molecular weight is 359 g/mol. The molecule has 0 spiro atoms. The van der Waals surface area contributed by atoms with Gasteiger partial charge in [0.15, 0.2) is 0 Å². The molecule has 0 radical (unpaired) electrons. The Kier molecular flexibility index (Phi) is 4.51. The lowest BCUT2D eigenvalue weighted by Gasteiger charge is -2.29. The van der Waals surface area contributed by atoms with Crippen molar-refractivity contribution in [2.75, 3.05) is 0 Å². The minimum Gasteiger partial charge on any atom is -0.330 e. The van der Waals surface area contributed by atoms with Gasteiger partial charge in [0.1, 0.15) is 11.6 Å². The molecule has 2 aliphatic rings. The topological polar surface area (TPSA) is 38.1 Å². The summed E-state index contributed by atoms with van der Waals surface area (Å²) in [4.78, 5) is 14.9. The van der Waals surface area contributed by atoms with Crippen LogP contribution in [0, 0.1) is 11.6 Å². The van der Waals surface area contributed by atoms with E-state index in [4.69, 9.17) is 0 Å². The number of amides is 1. The number of aromatic nitrogens is 2. The normalized spacial score (nSPS) is 16.9. The van der Waals surface area contributed by atoms with Crippen molar-refractivity contribution < 1.29 is 13.6 Å². The average Bonchev–Trinajstić information content (AvgIpc) is 3.32. The van der Waals surface area contributed by atoms with Crippen molar-refractivity contribution in [2.24, 2.45) is 7.05 Å².